The Bertz CT molecular complexity index is 515. The van der Waals surface area contributed by atoms with Gasteiger partial charge < -0.3 is 5.11 Å². The van der Waals surface area contributed by atoms with E-state index in [-0.39, 0.29) is 0 Å². The highest BCUT2D eigenvalue weighted by Crippen LogP contribution is 2.38. The van der Waals surface area contributed by atoms with Gasteiger partial charge in [-0.3, -0.25) is 4.98 Å². The summed E-state index contributed by atoms with van der Waals surface area (Å²) in [5, 5.41) is 11.7. The highest BCUT2D eigenvalue weighted by molar-refractivity contribution is 7.99. The van der Waals surface area contributed by atoms with Gasteiger partial charge in [-0.25, -0.2) is 0 Å². The Hall–Kier alpha value is -1.06. The average Bonchev–Trinajstić information content (AvgIpc) is 2.77. The van der Waals surface area contributed by atoms with Crippen LogP contribution in [0.15, 0.2) is 36.5 Å². The quantitative estimate of drug-likeness (QED) is 0.818. The minimum Gasteiger partial charge on any atom is -0.384 e. The zero-order chi connectivity index (χ0) is 11.0. The molecule has 2 heterocycles. The molecule has 1 aromatic carbocycles. The summed E-state index contributed by atoms with van der Waals surface area (Å²) in [6, 6.07) is 10.0. The van der Waals surface area contributed by atoms with Crippen LogP contribution in [0.1, 0.15) is 12.0 Å². The molecular formula is C13H13NOS. The molecule has 2 aromatic rings. The van der Waals surface area contributed by atoms with Crippen molar-refractivity contribution < 1.29 is 5.11 Å². The number of aliphatic hydroxyl groups is 1. The van der Waals surface area contributed by atoms with E-state index in [2.05, 4.69) is 4.98 Å². The number of hydrogen-bond donors (Lipinski definition) is 1. The fourth-order valence-electron chi connectivity index (χ4n) is 2.25. The van der Waals surface area contributed by atoms with Gasteiger partial charge in [0.25, 0.3) is 0 Å². The van der Waals surface area contributed by atoms with Crippen molar-refractivity contribution >= 4 is 22.7 Å². The first-order valence-corrected chi connectivity index (χ1v) is 6.59. The second kappa shape index (κ2) is 3.75. The molecule has 16 heavy (non-hydrogen) atoms. The molecule has 2 nitrogen and oxygen atoms in total. The summed E-state index contributed by atoms with van der Waals surface area (Å²) in [4.78, 5) is 4.40. The number of hydrogen-bond acceptors (Lipinski definition) is 3. The van der Waals surface area contributed by atoms with Crippen molar-refractivity contribution in [3.05, 3.63) is 42.1 Å². The lowest BCUT2D eigenvalue weighted by Gasteiger charge is -2.22. The van der Waals surface area contributed by atoms with E-state index in [1.165, 1.54) is 0 Å². The lowest BCUT2D eigenvalue weighted by atomic mass is 9.91. The summed E-state index contributed by atoms with van der Waals surface area (Å²) in [7, 11) is 0. The number of para-hydroxylation sites is 1. The van der Waals surface area contributed by atoms with E-state index >= 15 is 0 Å². The van der Waals surface area contributed by atoms with Gasteiger partial charge in [0.2, 0.25) is 0 Å². The Balaban J connectivity index is 2.23. The van der Waals surface area contributed by atoms with Crippen molar-refractivity contribution in [2.24, 2.45) is 0 Å². The molecule has 3 heteroatoms. The first-order chi connectivity index (χ1) is 7.80. The van der Waals surface area contributed by atoms with E-state index in [9.17, 15) is 5.11 Å². The largest absolute Gasteiger partial charge is 0.384 e. The third kappa shape index (κ3) is 1.51. The molecule has 0 spiro atoms. The summed E-state index contributed by atoms with van der Waals surface area (Å²) < 4.78 is 0. The third-order valence-electron chi connectivity index (χ3n) is 3.13. The zero-order valence-corrected chi connectivity index (χ0v) is 9.70. The maximum atomic E-state index is 10.6. The number of rotatable bonds is 1. The number of pyridine rings is 1. The molecule has 1 atom stereocenters. The average molecular weight is 231 g/mol. The van der Waals surface area contributed by atoms with E-state index in [1.807, 2.05) is 30.3 Å². The van der Waals surface area contributed by atoms with E-state index in [4.69, 9.17) is 0 Å². The maximum absolute atomic E-state index is 10.6. The fraction of sp³-hybridized carbons (Fsp3) is 0.308. The Labute approximate surface area is 98.7 Å². The van der Waals surface area contributed by atoms with Gasteiger partial charge in [-0.15, -0.1) is 0 Å². The molecule has 3 rings (SSSR count). The number of nitrogens with zero attached hydrogens (tertiary/aromatic N) is 1. The van der Waals surface area contributed by atoms with Gasteiger partial charge in [0.15, 0.2) is 0 Å². The van der Waals surface area contributed by atoms with Gasteiger partial charge in [-0.05, 0) is 18.2 Å². The molecule has 1 aliphatic rings. The highest BCUT2D eigenvalue weighted by Gasteiger charge is 2.35. The molecule has 0 bridgehead atoms. The molecule has 1 aromatic heterocycles. The van der Waals surface area contributed by atoms with Crippen LogP contribution < -0.4 is 0 Å². The Morgan fingerprint density at radius 3 is 2.94 bits per heavy atom. The molecule has 1 N–H and O–H groups in total. The van der Waals surface area contributed by atoms with Crippen molar-refractivity contribution in [1.82, 2.24) is 4.98 Å². The lowest BCUT2D eigenvalue weighted by molar-refractivity contribution is 0.0671. The van der Waals surface area contributed by atoms with Gasteiger partial charge >= 0.3 is 0 Å². The van der Waals surface area contributed by atoms with Crippen LogP contribution in [-0.2, 0) is 5.60 Å². The molecule has 1 fully saturated rings. The van der Waals surface area contributed by atoms with Crippen LogP contribution in [-0.4, -0.2) is 21.6 Å². The van der Waals surface area contributed by atoms with Gasteiger partial charge in [-0.2, -0.15) is 11.8 Å². The second-order valence-electron chi connectivity index (χ2n) is 4.21. The summed E-state index contributed by atoms with van der Waals surface area (Å²) in [6.07, 6.45) is 2.62. The van der Waals surface area contributed by atoms with Crippen LogP contribution in [0, 0.1) is 0 Å². The summed E-state index contributed by atoms with van der Waals surface area (Å²) in [5.74, 6) is 1.81. The Morgan fingerprint density at radius 2 is 2.12 bits per heavy atom. The van der Waals surface area contributed by atoms with Crippen molar-refractivity contribution in [2.45, 2.75) is 12.0 Å². The van der Waals surface area contributed by atoms with Crippen LogP contribution in [0.5, 0.6) is 0 Å². The molecule has 0 aliphatic carbocycles. The smallest absolute Gasteiger partial charge is 0.101 e. The molecule has 1 aliphatic heterocycles. The minimum atomic E-state index is -0.682. The van der Waals surface area contributed by atoms with E-state index in [0.717, 1.165) is 34.4 Å². The predicted molar refractivity (Wildman–Crippen MR) is 67.6 cm³/mol. The first kappa shape index (κ1) is 10.1. The van der Waals surface area contributed by atoms with Crippen molar-refractivity contribution in [2.75, 3.05) is 11.5 Å². The van der Waals surface area contributed by atoms with Crippen molar-refractivity contribution in [3.8, 4) is 0 Å². The summed E-state index contributed by atoms with van der Waals surface area (Å²) >= 11 is 1.81. The number of thioether (sulfide) groups is 1. The SMILES string of the molecule is OC1(c2cccc3cccnc23)CCSC1. The minimum absolute atomic E-state index is 0.682. The molecule has 0 amide bonds. The molecule has 82 valence electrons. The van der Waals surface area contributed by atoms with Gasteiger partial charge in [0, 0.05) is 22.9 Å². The second-order valence-corrected chi connectivity index (χ2v) is 5.32. The van der Waals surface area contributed by atoms with Crippen molar-refractivity contribution in [1.29, 1.82) is 0 Å². The van der Waals surface area contributed by atoms with Crippen molar-refractivity contribution in [3.63, 3.8) is 0 Å². The number of fused-ring (bicyclic) bond motifs is 1. The molecule has 0 saturated carbocycles. The van der Waals surface area contributed by atoms with E-state index in [0.29, 0.717) is 0 Å². The molecule has 1 saturated heterocycles. The fourth-order valence-corrected chi connectivity index (χ4v) is 3.51. The monoisotopic (exact) mass is 231 g/mol. The number of aromatic nitrogens is 1. The topological polar surface area (TPSA) is 33.1 Å². The summed E-state index contributed by atoms with van der Waals surface area (Å²) in [5.41, 5.74) is 1.24. The molecular weight excluding hydrogens is 218 g/mol. The summed E-state index contributed by atoms with van der Waals surface area (Å²) in [6.45, 7) is 0. The predicted octanol–water partition coefficient (Wildman–Crippen LogP) is 2.56. The zero-order valence-electron chi connectivity index (χ0n) is 8.89. The van der Waals surface area contributed by atoms with Crippen LogP contribution in [0.4, 0.5) is 0 Å². The highest BCUT2D eigenvalue weighted by atomic mass is 32.2. The van der Waals surface area contributed by atoms with Crippen LogP contribution >= 0.6 is 11.8 Å². The van der Waals surface area contributed by atoms with Gasteiger partial charge in [0.05, 0.1) is 5.52 Å². The van der Waals surface area contributed by atoms with Crippen LogP contribution in [0.2, 0.25) is 0 Å². The normalized spacial score (nSPS) is 25.1. The van der Waals surface area contributed by atoms with Crippen LogP contribution in [0.3, 0.4) is 0 Å². The van der Waals surface area contributed by atoms with E-state index < -0.39 is 5.60 Å². The molecule has 0 radical (unpaired) electrons. The third-order valence-corrected chi connectivity index (χ3v) is 4.31. The molecule has 1 unspecified atom stereocenters. The maximum Gasteiger partial charge on any atom is 0.101 e. The standard InChI is InChI=1S/C13H13NOS/c15-13(6-8-16-9-13)11-5-1-3-10-4-2-7-14-12(10)11/h1-5,7,15H,6,8-9H2. The van der Waals surface area contributed by atoms with E-state index in [1.54, 1.807) is 18.0 Å². The Morgan fingerprint density at radius 1 is 1.25 bits per heavy atom. The Kier molecular flexibility index (Phi) is 2.37. The van der Waals surface area contributed by atoms with Crippen LogP contribution in [0.25, 0.3) is 10.9 Å². The first-order valence-electron chi connectivity index (χ1n) is 5.44. The number of benzene rings is 1. The van der Waals surface area contributed by atoms with Gasteiger partial charge in [-0.1, -0.05) is 24.3 Å². The lowest BCUT2D eigenvalue weighted by Crippen LogP contribution is -2.25. The van der Waals surface area contributed by atoms with Gasteiger partial charge in [0.1, 0.15) is 5.60 Å².